The SMILES string of the molecule is CCNc1cc(C(=O)NC2CCCC2)cc(CC)n1. The lowest BCUT2D eigenvalue weighted by Crippen LogP contribution is -2.32. The first-order valence-electron chi connectivity index (χ1n) is 7.28. The fourth-order valence-electron chi connectivity index (χ4n) is 2.51. The molecule has 0 unspecified atom stereocenters. The Hall–Kier alpha value is -1.58. The van der Waals surface area contributed by atoms with E-state index in [2.05, 4.69) is 22.5 Å². The predicted molar refractivity (Wildman–Crippen MR) is 77.5 cm³/mol. The molecule has 0 spiro atoms. The van der Waals surface area contributed by atoms with Crippen molar-refractivity contribution in [3.8, 4) is 0 Å². The zero-order valence-electron chi connectivity index (χ0n) is 11.8. The summed E-state index contributed by atoms with van der Waals surface area (Å²) in [5.74, 6) is 0.821. The maximum atomic E-state index is 12.3. The lowest BCUT2D eigenvalue weighted by molar-refractivity contribution is 0.0937. The van der Waals surface area contributed by atoms with Crippen molar-refractivity contribution in [3.05, 3.63) is 23.4 Å². The smallest absolute Gasteiger partial charge is 0.251 e. The number of hydrogen-bond acceptors (Lipinski definition) is 3. The van der Waals surface area contributed by atoms with Crippen LogP contribution in [0.15, 0.2) is 12.1 Å². The molecule has 1 aromatic heterocycles. The summed E-state index contributed by atoms with van der Waals surface area (Å²) >= 11 is 0. The minimum absolute atomic E-state index is 0.0307. The molecule has 1 heterocycles. The van der Waals surface area contributed by atoms with Crippen LogP contribution in [0.2, 0.25) is 0 Å². The second-order valence-electron chi connectivity index (χ2n) is 5.07. The molecule has 104 valence electrons. The molecule has 2 N–H and O–H groups in total. The van der Waals surface area contributed by atoms with Gasteiger partial charge < -0.3 is 10.6 Å². The van der Waals surface area contributed by atoms with Gasteiger partial charge in [-0.25, -0.2) is 4.98 Å². The molecule has 1 fully saturated rings. The molecule has 0 radical (unpaired) electrons. The standard InChI is InChI=1S/C15H23N3O/c1-3-12-9-11(10-14(17-12)16-4-2)15(19)18-13-7-5-6-8-13/h9-10,13H,3-8H2,1-2H3,(H,16,17)(H,18,19). The van der Waals surface area contributed by atoms with Crippen LogP contribution < -0.4 is 10.6 Å². The molecule has 4 heteroatoms. The lowest BCUT2D eigenvalue weighted by Gasteiger charge is -2.13. The van der Waals surface area contributed by atoms with Gasteiger partial charge >= 0.3 is 0 Å². The summed E-state index contributed by atoms with van der Waals surface area (Å²) in [7, 11) is 0. The molecular weight excluding hydrogens is 238 g/mol. The number of pyridine rings is 1. The van der Waals surface area contributed by atoms with Crippen LogP contribution >= 0.6 is 0 Å². The van der Waals surface area contributed by atoms with E-state index < -0.39 is 0 Å². The maximum Gasteiger partial charge on any atom is 0.251 e. The normalized spacial score (nSPS) is 15.5. The molecule has 0 saturated heterocycles. The highest BCUT2D eigenvalue weighted by atomic mass is 16.1. The molecule has 1 aliphatic carbocycles. The van der Waals surface area contributed by atoms with Crippen LogP contribution in [0.4, 0.5) is 5.82 Å². The van der Waals surface area contributed by atoms with Crippen molar-refractivity contribution in [1.29, 1.82) is 0 Å². The molecule has 19 heavy (non-hydrogen) atoms. The van der Waals surface area contributed by atoms with Crippen molar-refractivity contribution >= 4 is 11.7 Å². The van der Waals surface area contributed by atoms with Gasteiger partial charge in [0, 0.05) is 23.8 Å². The number of amides is 1. The summed E-state index contributed by atoms with van der Waals surface area (Å²) in [5, 5.41) is 6.30. The highest BCUT2D eigenvalue weighted by Crippen LogP contribution is 2.19. The van der Waals surface area contributed by atoms with E-state index in [4.69, 9.17) is 0 Å². The third kappa shape index (κ3) is 3.69. The topological polar surface area (TPSA) is 54.0 Å². The van der Waals surface area contributed by atoms with Crippen LogP contribution in [0.1, 0.15) is 55.6 Å². The zero-order chi connectivity index (χ0) is 13.7. The molecule has 0 bridgehead atoms. The number of anilines is 1. The second-order valence-corrected chi connectivity index (χ2v) is 5.07. The van der Waals surface area contributed by atoms with Gasteiger partial charge in [-0.15, -0.1) is 0 Å². The predicted octanol–water partition coefficient (Wildman–Crippen LogP) is 2.75. The highest BCUT2D eigenvalue weighted by Gasteiger charge is 2.18. The van der Waals surface area contributed by atoms with Crippen LogP contribution in [0, 0.1) is 0 Å². The molecule has 4 nitrogen and oxygen atoms in total. The summed E-state index contributed by atoms with van der Waals surface area (Å²) in [6, 6.07) is 4.09. The quantitative estimate of drug-likeness (QED) is 0.857. The molecule has 1 aromatic rings. The van der Waals surface area contributed by atoms with Gasteiger partial charge in [-0.2, -0.15) is 0 Å². The average Bonchev–Trinajstić information content (AvgIpc) is 2.91. The first-order valence-corrected chi connectivity index (χ1v) is 7.28. The van der Waals surface area contributed by atoms with Crippen LogP contribution in [0.3, 0.4) is 0 Å². The van der Waals surface area contributed by atoms with E-state index in [9.17, 15) is 4.79 Å². The van der Waals surface area contributed by atoms with Crippen LogP contribution in [-0.4, -0.2) is 23.5 Å². The Bertz CT molecular complexity index is 439. The van der Waals surface area contributed by atoms with Crippen molar-refractivity contribution in [2.75, 3.05) is 11.9 Å². The van der Waals surface area contributed by atoms with Crippen molar-refractivity contribution in [2.24, 2.45) is 0 Å². The maximum absolute atomic E-state index is 12.3. The number of aryl methyl sites for hydroxylation is 1. The Morgan fingerprint density at radius 3 is 2.68 bits per heavy atom. The number of nitrogens with one attached hydrogen (secondary N) is 2. The third-order valence-corrected chi connectivity index (χ3v) is 3.55. The highest BCUT2D eigenvalue weighted by molar-refractivity contribution is 5.95. The van der Waals surface area contributed by atoms with E-state index in [0.717, 1.165) is 42.9 Å². The van der Waals surface area contributed by atoms with E-state index >= 15 is 0 Å². The van der Waals surface area contributed by atoms with Gasteiger partial charge in [-0.1, -0.05) is 19.8 Å². The first kappa shape index (κ1) is 13.8. The summed E-state index contributed by atoms with van der Waals surface area (Å²) in [6.45, 7) is 4.89. The van der Waals surface area contributed by atoms with Gasteiger partial charge in [-0.3, -0.25) is 4.79 Å². The first-order chi connectivity index (χ1) is 9.22. The van der Waals surface area contributed by atoms with Crippen molar-refractivity contribution in [1.82, 2.24) is 10.3 Å². The minimum atomic E-state index is 0.0307. The summed E-state index contributed by atoms with van der Waals surface area (Å²) in [6.07, 6.45) is 5.51. The van der Waals surface area contributed by atoms with Gasteiger partial charge in [0.1, 0.15) is 5.82 Å². The average molecular weight is 261 g/mol. The van der Waals surface area contributed by atoms with Crippen LogP contribution in [0.5, 0.6) is 0 Å². The number of rotatable bonds is 5. The Kier molecular flexibility index (Phi) is 4.77. The Morgan fingerprint density at radius 2 is 2.05 bits per heavy atom. The van der Waals surface area contributed by atoms with Crippen molar-refractivity contribution in [2.45, 2.75) is 52.0 Å². The zero-order valence-corrected chi connectivity index (χ0v) is 11.8. The lowest BCUT2D eigenvalue weighted by atomic mass is 10.1. The third-order valence-electron chi connectivity index (χ3n) is 3.55. The fraction of sp³-hybridized carbons (Fsp3) is 0.600. The van der Waals surface area contributed by atoms with Gasteiger partial charge in [0.15, 0.2) is 0 Å². The molecule has 1 amide bonds. The molecule has 0 aliphatic heterocycles. The minimum Gasteiger partial charge on any atom is -0.370 e. The van der Waals surface area contributed by atoms with Gasteiger partial charge in [0.05, 0.1) is 0 Å². The number of aromatic nitrogens is 1. The molecular formula is C15H23N3O. The molecule has 0 atom stereocenters. The van der Waals surface area contributed by atoms with E-state index in [1.807, 2.05) is 19.1 Å². The van der Waals surface area contributed by atoms with E-state index in [1.165, 1.54) is 12.8 Å². The molecule has 1 saturated carbocycles. The Labute approximate surface area is 115 Å². The molecule has 0 aromatic carbocycles. The summed E-state index contributed by atoms with van der Waals surface area (Å²) in [5.41, 5.74) is 1.67. The number of nitrogens with zero attached hydrogens (tertiary/aromatic N) is 1. The Morgan fingerprint density at radius 1 is 1.32 bits per heavy atom. The summed E-state index contributed by atoms with van der Waals surface area (Å²) < 4.78 is 0. The largest absolute Gasteiger partial charge is 0.370 e. The van der Waals surface area contributed by atoms with Crippen LogP contribution in [-0.2, 0) is 6.42 Å². The van der Waals surface area contributed by atoms with E-state index in [-0.39, 0.29) is 5.91 Å². The number of carbonyl (C=O) groups is 1. The molecule has 2 rings (SSSR count). The summed E-state index contributed by atoms with van der Waals surface area (Å²) in [4.78, 5) is 16.7. The second kappa shape index (κ2) is 6.55. The van der Waals surface area contributed by atoms with E-state index in [1.54, 1.807) is 0 Å². The monoisotopic (exact) mass is 261 g/mol. The van der Waals surface area contributed by atoms with Crippen molar-refractivity contribution < 1.29 is 4.79 Å². The molecule has 1 aliphatic rings. The van der Waals surface area contributed by atoms with Gasteiger partial charge in [0.25, 0.3) is 5.91 Å². The number of hydrogen-bond donors (Lipinski definition) is 2. The fourth-order valence-corrected chi connectivity index (χ4v) is 2.51. The number of carbonyl (C=O) groups excluding carboxylic acids is 1. The Balaban J connectivity index is 2.12. The van der Waals surface area contributed by atoms with E-state index in [0.29, 0.717) is 6.04 Å². The van der Waals surface area contributed by atoms with Crippen molar-refractivity contribution in [3.63, 3.8) is 0 Å². The van der Waals surface area contributed by atoms with Gasteiger partial charge in [-0.05, 0) is 38.3 Å². The van der Waals surface area contributed by atoms with Crippen LogP contribution in [0.25, 0.3) is 0 Å². The van der Waals surface area contributed by atoms with Gasteiger partial charge in [0.2, 0.25) is 0 Å².